The molecule has 1 N–H and O–H groups in total. The van der Waals surface area contributed by atoms with Crippen LogP contribution in [0.15, 0.2) is 48.1 Å². The maximum absolute atomic E-state index is 12.4. The number of hydrogen-bond donors (Lipinski definition) is 1. The number of amides is 2. The number of carbonyl (C=O) groups is 2. The van der Waals surface area contributed by atoms with Gasteiger partial charge in [-0.1, -0.05) is 6.07 Å². The molecule has 0 unspecified atom stereocenters. The van der Waals surface area contributed by atoms with Gasteiger partial charge in [0.25, 0.3) is 5.91 Å². The number of fused-ring (bicyclic) bond motifs is 1. The van der Waals surface area contributed by atoms with Gasteiger partial charge in [-0.15, -0.1) is 11.3 Å². The van der Waals surface area contributed by atoms with Gasteiger partial charge in [-0.3, -0.25) is 14.6 Å². The maximum Gasteiger partial charge on any atom is 0.264 e. The molecule has 2 aromatic heterocycles. The monoisotopic (exact) mass is 394 g/mol. The second-order valence-corrected chi connectivity index (χ2v) is 7.19. The average molecular weight is 394 g/mol. The lowest BCUT2D eigenvalue weighted by Gasteiger charge is -2.27. The van der Waals surface area contributed by atoms with E-state index < -0.39 is 0 Å². The van der Waals surface area contributed by atoms with Gasteiger partial charge in [0.1, 0.15) is 5.01 Å². The molecule has 0 bridgehead atoms. The second kappa shape index (κ2) is 7.77. The number of benzene rings is 1. The molecule has 0 fully saturated rings. The number of likely N-dealkylation sites (N-methyl/N-ethyl adjacent to an activating group) is 1. The Balaban J connectivity index is 1.40. The summed E-state index contributed by atoms with van der Waals surface area (Å²) in [6.45, 7) is -0.0354. The van der Waals surface area contributed by atoms with Crippen molar-refractivity contribution < 1.29 is 14.3 Å². The molecule has 0 saturated carbocycles. The van der Waals surface area contributed by atoms with Gasteiger partial charge < -0.3 is 15.0 Å². The van der Waals surface area contributed by atoms with Crippen LogP contribution in [0.1, 0.15) is 12.1 Å². The highest BCUT2D eigenvalue weighted by atomic mass is 32.1. The van der Waals surface area contributed by atoms with Crippen LogP contribution in [0.25, 0.3) is 10.6 Å². The SMILES string of the molecule is CN1C(=O)COc2c(NC(=O)CCc3csc(-c4cccnc4)n3)cccc21. The lowest BCUT2D eigenvalue weighted by Crippen LogP contribution is -2.35. The van der Waals surface area contributed by atoms with Crippen LogP contribution in [0.4, 0.5) is 11.4 Å². The summed E-state index contributed by atoms with van der Waals surface area (Å²) in [5.41, 5.74) is 3.05. The average Bonchev–Trinajstić information content (AvgIpc) is 3.19. The summed E-state index contributed by atoms with van der Waals surface area (Å²) in [6, 6.07) is 9.18. The summed E-state index contributed by atoms with van der Waals surface area (Å²) in [5.74, 6) is 0.266. The van der Waals surface area contributed by atoms with E-state index in [0.29, 0.717) is 30.0 Å². The number of thiazole rings is 1. The Morgan fingerprint density at radius 2 is 2.21 bits per heavy atom. The fourth-order valence-electron chi connectivity index (χ4n) is 2.90. The summed E-state index contributed by atoms with van der Waals surface area (Å²) >= 11 is 1.54. The lowest BCUT2D eigenvalue weighted by molar-refractivity contribution is -0.121. The largest absolute Gasteiger partial charge is 0.479 e. The van der Waals surface area contributed by atoms with E-state index in [-0.39, 0.29) is 18.4 Å². The van der Waals surface area contributed by atoms with E-state index in [1.807, 2.05) is 17.5 Å². The number of hydrogen-bond acceptors (Lipinski definition) is 6. The Labute approximate surface area is 166 Å². The van der Waals surface area contributed by atoms with Crippen molar-refractivity contribution in [1.29, 1.82) is 0 Å². The van der Waals surface area contributed by atoms with Gasteiger partial charge in [-0.25, -0.2) is 4.98 Å². The van der Waals surface area contributed by atoms with E-state index in [2.05, 4.69) is 15.3 Å². The van der Waals surface area contributed by atoms with Crippen molar-refractivity contribution in [1.82, 2.24) is 9.97 Å². The van der Waals surface area contributed by atoms with E-state index in [9.17, 15) is 9.59 Å². The van der Waals surface area contributed by atoms with Crippen molar-refractivity contribution in [3.05, 3.63) is 53.8 Å². The first-order chi connectivity index (χ1) is 13.6. The zero-order chi connectivity index (χ0) is 19.5. The molecule has 4 rings (SSSR count). The maximum atomic E-state index is 12.4. The minimum absolute atomic E-state index is 0.0354. The van der Waals surface area contributed by atoms with Crippen molar-refractivity contribution in [2.45, 2.75) is 12.8 Å². The molecule has 8 heteroatoms. The minimum Gasteiger partial charge on any atom is -0.479 e. The zero-order valence-electron chi connectivity index (χ0n) is 15.2. The van der Waals surface area contributed by atoms with Crippen LogP contribution in [-0.4, -0.2) is 35.4 Å². The van der Waals surface area contributed by atoms with Crippen molar-refractivity contribution in [2.24, 2.45) is 0 Å². The molecule has 1 aliphatic rings. The molecular weight excluding hydrogens is 376 g/mol. The van der Waals surface area contributed by atoms with E-state index in [1.165, 1.54) is 16.2 Å². The molecule has 3 aromatic rings. The van der Waals surface area contributed by atoms with Gasteiger partial charge in [-0.05, 0) is 30.7 Å². The van der Waals surface area contributed by atoms with Gasteiger partial charge in [0.2, 0.25) is 5.91 Å². The molecule has 1 aliphatic heterocycles. The molecule has 0 spiro atoms. The van der Waals surface area contributed by atoms with Crippen molar-refractivity contribution in [3.8, 4) is 16.3 Å². The second-order valence-electron chi connectivity index (χ2n) is 6.33. The Hall–Kier alpha value is -3.26. The molecule has 3 heterocycles. The Kier molecular flexibility index (Phi) is 5.03. The number of nitrogens with zero attached hydrogens (tertiary/aromatic N) is 3. The first kappa shape index (κ1) is 18.1. The third-order valence-corrected chi connectivity index (χ3v) is 5.35. The summed E-state index contributed by atoms with van der Waals surface area (Å²) in [4.78, 5) is 34.4. The fourth-order valence-corrected chi connectivity index (χ4v) is 3.75. The van der Waals surface area contributed by atoms with Gasteiger partial charge in [-0.2, -0.15) is 0 Å². The molecule has 0 radical (unpaired) electrons. The highest BCUT2D eigenvalue weighted by molar-refractivity contribution is 7.13. The summed E-state index contributed by atoms with van der Waals surface area (Å²) in [6.07, 6.45) is 4.34. The molecule has 28 heavy (non-hydrogen) atoms. The number of rotatable bonds is 5. The molecule has 0 aliphatic carbocycles. The first-order valence-corrected chi connectivity index (χ1v) is 9.67. The molecule has 0 saturated heterocycles. The number of nitrogens with one attached hydrogen (secondary N) is 1. The standard InChI is InChI=1S/C20H18N4O3S/c1-24-16-6-2-5-15(19(16)27-11-18(24)26)23-17(25)8-7-14-12-28-20(22-14)13-4-3-9-21-10-13/h2-6,9-10,12H,7-8,11H2,1H3,(H,23,25). The van der Waals surface area contributed by atoms with Crippen LogP contribution in [0, 0.1) is 0 Å². The van der Waals surface area contributed by atoms with Crippen LogP contribution in [0.5, 0.6) is 5.75 Å². The van der Waals surface area contributed by atoms with Crippen molar-refractivity contribution >= 4 is 34.5 Å². The minimum atomic E-state index is -0.132. The van der Waals surface area contributed by atoms with Gasteiger partial charge in [0.05, 0.1) is 17.1 Å². The number of ether oxygens (including phenoxy) is 1. The van der Waals surface area contributed by atoms with Gasteiger partial charge in [0, 0.05) is 36.8 Å². The number of pyridine rings is 1. The molecule has 1 aromatic carbocycles. The Morgan fingerprint density at radius 3 is 3.04 bits per heavy atom. The molecule has 7 nitrogen and oxygen atoms in total. The van der Waals surface area contributed by atoms with Crippen LogP contribution in [0.2, 0.25) is 0 Å². The highest BCUT2D eigenvalue weighted by Gasteiger charge is 2.24. The Morgan fingerprint density at radius 1 is 1.32 bits per heavy atom. The topological polar surface area (TPSA) is 84.4 Å². The summed E-state index contributed by atoms with van der Waals surface area (Å²) in [7, 11) is 1.69. The lowest BCUT2D eigenvalue weighted by atomic mass is 10.2. The molecule has 2 amide bonds. The van der Waals surface area contributed by atoms with Crippen LogP contribution in [0.3, 0.4) is 0 Å². The molecule has 0 atom stereocenters. The van der Waals surface area contributed by atoms with Gasteiger partial charge >= 0.3 is 0 Å². The predicted molar refractivity (Wildman–Crippen MR) is 108 cm³/mol. The zero-order valence-corrected chi connectivity index (χ0v) is 16.0. The number of aryl methyl sites for hydroxylation is 1. The Bertz CT molecular complexity index is 1020. The quantitative estimate of drug-likeness (QED) is 0.719. The third-order valence-electron chi connectivity index (χ3n) is 4.41. The van der Waals surface area contributed by atoms with Gasteiger partial charge in [0.15, 0.2) is 12.4 Å². The van der Waals surface area contributed by atoms with Crippen LogP contribution in [-0.2, 0) is 16.0 Å². The highest BCUT2D eigenvalue weighted by Crippen LogP contribution is 2.38. The number of aromatic nitrogens is 2. The van der Waals surface area contributed by atoms with Crippen LogP contribution < -0.4 is 15.0 Å². The first-order valence-electron chi connectivity index (χ1n) is 8.79. The van der Waals surface area contributed by atoms with Crippen LogP contribution >= 0.6 is 11.3 Å². The third kappa shape index (κ3) is 3.72. The molecular formula is C20H18N4O3S. The van der Waals surface area contributed by atoms with E-state index in [0.717, 1.165) is 16.3 Å². The van der Waals surface area contributed by atoms with E-state index in [4.69, 9.17) is 4.74 Å². The molecule has 142 valence electrons. The van der Waals surface area contributed by atoms with Crippen molar-refractivity contribution in [3.63, 3.8) is 0 Å². The van der Waals surface area contributed by atoms with Crippen molar-refractivity contribution in [2.75, 3.05) is 23.9 Å². The number of anilines is 2. The number of para-hydroxylation sites is 1. The van der Waals surface area contributed by atoms with E-state index >= 15 is 0 Å². The normalized spacial score (nSPS) is 13.0. The summed E-state index contributed by atoms with van der Waals surface area (Å²) < 4.78 is 5.53. The fraction of sp³-hybridized carbons (Fsp3) is 0.200. The summed E-state index contributed by atoms with van der Waals surface area (Å²) in [5, 5.41) is 5.73. The van der Waals surface area contributed by atoms with E-state index in [1.54, 1.807) is 37.6 Å². The smallest absolute Gasteiger partial charge is 0.264 e. The number of carbonyl (C=O) groups excluding carboxylic acids is 2. The predicted octanol–water partition coefficient (Wildman–Crippen LogP) is 3.13.